The van der Waals surface area contributed by atoms with Crippen molar-refractivity contribution >= 4 is 0 Å². The summed E-state index contributed by atoms with van der Waals surface area (Å²) in [5, 5.41) is 3.60. The first-order valence-electron chi connectivity index (χ1n) is 7.33. The molecule has 3 nitrogen and oxygen atoms in total. The van der Waals surface area contributed by atoms with E-state index in [1.165, 1.54) is 51.6 Å². The van der Waals surface area contributed by atoms with Gasteiger partial charge in [0.1, 0.15) is 0 Å². The van der Waals surface area contributed by atoms with Crippen LogP contribution in [0.3, 0.4) is 0 Å². The molecule has 2 saturated heterocycles. The summed E-state index contributed by atoms with van der Waals surface area (Å²) in [4.78, 5) is 2.72. The fourth-order valence-electron chi connectivity index (χ4n) is 3.32. The number of nitrogens with zero attached hydrogens (tertiary/aromatic N) is 1. The second-order valence-corrected chi connectivity index (χ2v) is 5.60. The van der Waals surface area contributed by atoms with E-state index in [4.69, 9.17) is 4.74 Å². The van der Waals surface area contributed by atoms with E-state index in [-0.39, 0.29) is 0 Å². The van der Waals surface area contributed by atoms with Crippen molar-refractivity contribution in [3.63, 3.8) is 0 Å². The van der Waals surface area contributed by atoms with Gasteiger partial charge in [-0.25, -0.2) is 0 Å². The lowest BCUT2D eigenvalue weighted by molar-refractivity contribution is 0.113. The summed E-state index contributed by atoms with van der Waals surface area (Å²) in [6.07, 6.45) is 8.56. The number of nitrogens with one attached hydrogen (secondary N) is 1. The largest absolute Gasteiger partial charge is 0.380 e. The maximum absolute atomic E-state index is 5.43. The normalized spacial score (nSPS) is 36.0. The predicted octanol–water partition coefficient (Wildman–Crippen LogP) is 2.02. The first kappa shape index (κ1) is 13.3. The van der Waals surface area contributed by atoms with E-state index < -0.39 is 0 Å². The number of methoxy groups -OCH3 is 1. The van der Waals surface area contributed by atoms with Crippen molar-refractivity contribution in [1.29, 1.82) is 0 Å². The molecule has 2 aliphatic rings. The van der Waals surface area contributed by atoms with Crippen LogP contribution in [-0.2, 0) is 4.74 Å². The molecular weight excluding hydrogens is 212 g/mol. The first-order chi connectivity index (χ1) is 8.33. The van der Waals surface area contributed by atoms with Crippen molar-refractivity contribution in [1.82, 2.24) is 10.2 Å². The monoisotopic (exact) mass is 240 g/mol. The minimum atomic E-state index is 0.437. The fraction of sp³-hybridized carbons (Fsp3) is 1.00. The third kappa shape index (κ3) is 3.67. The van der Waals surface area contributed by atoms with Crippen LogP contribution in [-0.4, -0.2) is 49.8 Å². The van der Waals surface area contributed by atoms with E-state index in [1.54, 1.807) is 0 Å². The average molecular weight is 240 g/mol. The number of ether oxygens (including phenoxy) is 1. The maximum Gasteiger partial charge on any atom is 0.0711 e. The van der Waals surface area contributed by atoms with Gasteiger partial charge in [-0.05, 0) is 32.2 Å². The zero-order valence-corrected chi connectivity index (χ0v) is 11.5. The Bertz CT molecular complexity index is 222. The summed E-state index contributed by atoms with van der Waals surface area (Å²) in [5.41, 5.74) is 0. The van der Waals surface area contributed by atoms with Crippen LogP contribution < -0.4 is 5.32 Å². The van der Waals surface area contributed by atoms with Gasteiger partial charge in [0.2, 0.25) is 0 Å². The SMILES string of the molecule is CCC1CCCCCN1CC1CC(OC)CN1. The molecule has 3 atom stereocenters. The Hall–Kier alpha value is -0.120. The summed E-state index contributed by atoms with van der Waals surface area (Å²) >= 11 is 0. The van der Waals surface area contributed by atoms with Gasteiger partial charge in [-0.1, -0.05) is 19.8 Å². The number of hydrogen-bond donors (Lipinski definition) is 1. The molecule has 0 bridgehead atoms. The van der Waals surface area contributed by atoms with Crippen LogP contribution in [0.4, 0.5) is 0 Å². The van der Waals surface area contributed by atoms with Gasteiger partial charge in [-0.15, -0.1) is 0 Å². The van der Waals surface area contributed by atoms with E-state index >= 15 is 0 Å². The molecule has 0 amide bonds. The number of rotatable bonds is 4. The molecule has 0 aromatic heterocycles. The van der Waals surface area contributed by atoms with Crippen molar-refractivity contribution in [2.45, 2.75) is 63.6 Å². The molecule has 0 aromatic carbocycles. The topological polar surface area (TPSA) is 24.5 Å². The summed E-state index contributed by atoms with van der Waals surface area (Å²) < 4.78 is 5.43. The van der Waals surface area contributed by atoms with E-state index in [1.807, 2.05) is 7.11 Å². The van der Waals surface area contributed by atoms with Crippen LogP contribution in [0.1, 0.15) is 45.4 Å². The number of hydrogen-bond acceptors (Lipinski definition) is 3. The second-order valence-electron chi connectivity index (χ2n) is 5.60. The molecule has 3 unspecified atom stereocenters. The van der Waals surface area contributed by atoms with Crippen LogP contribution in [0.5, 0.6) is 0 Å². The van der Waals surface area contributed by atoms with Crippen LogP contribution in [0.25, 0.3) is 0 Å². The lowest BCUT2D eigenvalue weighted by Crippen LogP contribution is -2.43. The lowest BCUT2D eigenvalue weighted by Gasteiger charge is -2.31. The van der Waals surface area contributed by atoms with Crippen LogP contribution in [0.2, 0.25) is 0 Å². The molecule has 3 heteroatoms. The summed E-state index contributed by atoms with van der Waals surface area (Å²) in [7, 11) is 1.83. The third-order valence-corrected chi connectivity index (χ3v) is 4.44. The van der Waals surface area contributed by atoms with E-state index in [0.29, 0.717) is 12.1 Å². The van der Waals surface area contributed by atoms with Crippen LogP contribution >= 0.6 is 0 Å². The summed E-state index contributed by atoms with van der Waals surface area (Å²) in [6, 6.07) is 1.47. The van der Waals surface area contributed by atoms with E-state index in [2.05, 4.69) is 17.1 Å². The first-order valence-corrected chi connectivity index (χ1v) is 7.33. The Morgan fingerprint density at radius 3 is 2.88 bits per heavy atom. The Morgan fingerprint density at radius 2 is 2.18 bits per heavy atom. The van der Waals surface area contributed by atoms with E-state index in [0.717, 1.165) is 12.6 Å². The van der Waals surface area contributed by atoms with Crippen molar-refractivity contribution in [2.24, 2.45) is 0 Å². The molecule has 17 heavy (non-hydrogen) atoms. The van der Waals surface area contributed by atoms with Crippen LogP contribution in [0.15, 0.2) is 0 Å². The highest BCUT2D eigenvalue weighted by molar-refractivity contribution is 4.86. The zero-order valence-electron chi connectivity index (χ0n) is 11.5. The number of likely N-dealkylation sites (tertiary alicyclic amines) is 1. The quantitative estimate of drug-likeness (QED) is 0.813. The lowest BCUT2D eigenvalue weighted by atomic mass is 10.1. The highest BCUT2D eigenvalue weighted by atomic mass is 16.5. The molecule has 100 valence electrons. The van der Waals surface area contributed by atoms with Crippen molar-refractivity contribution in [3.8, 4) is 0 Å². The molecule has 2 aliphatic heterocycles. The van der Waals surface area contributed by atoms with Gasteiger partial charge in [0.25, 0.3) is 0 Å². The van der Waals surface area contributed by atoms with Gasteiger partial charge >= 0.3 is 0 Å². The maximum atomic E-state index is 5.43. The Labute approximate surface area is 106 Å². The van der Waals surface area contributed by atoms with Gasteiger partial charge in [-0.2, -0.15) is 0 Å². The molecule has 0 radical (unpaired) electrons. The molecule has 0 saturated carbocycles. The minimum Gasteiger partial charge on any atom is -0.380 e. The Morgan fingerprint density at radius 1 is 1.29 bits per heavy atom. The average Bonchev–Trinajstić information content (AvgIpc) is 2.68. The van der Waals surface area contributed by atoms with Gasteiger partial charge < -0.3 is 10.1 Å². The Kier molecular flexibility index (Phi) is 5.26. The van der Waals surface area contributed by atoms with Crippen LogP contribution in [0, 0.1) is 0 Å². The molecule has 1 N–H and O–H groups in total. The summed E-state index contributed by atoms with van der Waals surface area (Å²) in [5.74, 6) is 0. The summed E-state index contributed by atoms with van der Waals surface area (Å²) in [6.45, 7) is 5.89. The van der Waals surface area contributed by atoms with Gasteiger partial charge in [0, 0.05) is 32.3 Å². The Balaban J connectivity index is 1.83. The molecule has 2 fully saturated rings. The van der Waals surface area contributed by atoms with Crippen molar-refractivity contribution in [3.05, 3.63) is 0 Å². The molecule has 0 aliphatic carbocycles. The smallest absolute Gasteiger partial charge is 0.0711 e. The molecular formula is C14H28N2O. The van der Waals surface area contributed by atoms with Gasteiger partial charge in [0.15, 0.2) is 0 Å². The predicted molar refractivity (Wildman–Crippen MR) is 71.3 cm³/mol. The minimum absolute atomic E-state index is 0.437. The standard InChI is InChI=1S/C14H28N2O/c1-3-13-7-5-4-6-8-16(13)11-12-9-14(17-2)10-15-12/h12-15H,3-11H2,1-2H3. The molecule has 2 rings (SSSR count). The molecule has 0 spiro atoms. The highest BCUT2D eigenvalue weighted by Gasteiger charge is 2.28. The second kappa shape index (κ2) is 6.72. The zero-order chi connectivity index (χ0) is 12.1. The van der Waals surface area contributed by atoms with Gasteiger partial charge in [-0.3, -0.25) is 4.90 Å². The van der Waals surface area contributed by atoms with Crippen molar-refractivity contribution < 1.29 is 4.74 Å². The highest BCUT2D eigenvalue weighted by Crippen LogP contribution is 2.21. The van der Waals surface area contributed by atoms with Gasteiger partial charge in [0.05, 0.1) is 6.10 Å². The molecule has 2 heterocycles. The molecule has 0 aromatic rings. The third-order valence-electron chi connectivity index (χ3n) is 4.44. The van der Waals surface area contributed by atoms with Crippen molar-refractivity contribution in [2.75, 3.05) is 26.7 Å². The fourth-order valence-corrected chi connectivity index (χ4v) is 3.32. The van der Waals surface area contributed by atoms with E-state index in [9.17, 15) is 0 Å².